The third-order valence-electron chi connectivity index (χ3n) is 3.51. The second kappa shape index (κ2) is 7.90. The number of morpholine rings is 1. The molecule has 1 aliphatic rings. The van der Waals surface area contributed by atoms with Crippen LogP contribution in [-0.4, -0.2) is 49.7 Å². The van der Waals surface area contributed by atoms with Crippen molar-refractivity contribution in [2.45, 2.75) is 20.0 Å². The molecule has 1 aromatic rings. The van der Waals surface area contributed by atoms with Crippen LogP contribution in [0.1, 0.15) is 24.2 Å². The fourth-order valence-corrected chi connectivity index (χ4v) is 2.72. The number of carbonyl (C=O) groups is 1. The molecule has 1 heterocycles. The fourth-order valence-electron chi connectivity index (χ4n) is 2.56. The highest BCUT2D eigenvalue weighted by Gasteiger charge is 2.22. The van der Waals surface area contributed by atoms with Crippen LogP contribution in [0.5, 0.6) is 0 Å². The Labute approximate surface area is 135 Å². The summed E-state index contributed by atoms with van der Waals surface area (Å²) in [6.45, 7) is 8.08. The molecule has 0 radical (unpaired) electrons. The predicted octanol–water partition coefficient (Wildman–Crippen LogP) is 2.57. The number of carbonyl (C=O) groups excluding carboxylic acids is 1. The molecule has 122 valence electrons. The molecule has 1 fully saturated rings. The first-order valence-corrected chi connectivity index (χ1v) is 7.90. The van der Waals surface area contributed by atoms with Crippen LogP contribution < -0.4 is 5.32 Å². The van der Waals surface area contributed by atoms with Gasteiger partial charge in [-0.1, -0.05) is 25.4 Å². The molecular formula is C16H22ClFN2O2. The average molecular weight is 329 g/mol. The highest BCUT2D eigenvalue weighted by Crippen LogP contribution is 2.14. The van der Waals surface area contributed by atoms with Crippen molar-refractivity contribution in [1.82, 2.24) is 10.2 Å². The molecule has 1 aromatic carbocycles. The standard InChI is InChI=1S/C16H22ClFN2O2/c1-11(2)9-20-5-6-22-13(10-20)8-19-16(21)14-4-3-12(17)7-15(14)18/h3-4,7,11,13H,5-6,8-10H2,1-2H3,(H,19,21). The first kappa shape index (κ1) is 17.2. The second-order valence-electron chi connectivity index (χ2n) is 5.98. The van der Waals surface area contributed by atoms with Crippen LogP contribution in [0.3, 0.4) is 0 Å². The van der Waals surface area contributed by atoms with Crippen LogP contribution in [0.4, 0.5) is 4.39 Å². The monoisotopic (exact) mass is 328 g/mol. The van der Waals surface area contributed by atoms with Crippen LogP contribution in [0, 0.1) is 11.7 Å². The maximum absolute atomic E-state index is 13.7. The molecule has 1 unspecified atom stereocenters. The number of rotatable bonds is 5. The van der Waals surface area contributed by atoms with Crippen LogP contribution in [0.2, 0.25) is 5.02 Å². The van der Waals surface area contributed by atoms with Crippen molar-refractivity contribution in [1.29, 1.82) is 0 Å². The van der Waals surface area contributed by atoms with E-state index in [1.165, 1.54) is 12.1 Å². The van der Waals surface area contributed by atoms with Crippen molar-refractivity contribution in [3.63, 3.8) is 0 Å². The zero-order valence-electron chi connectivity index (χ0n) is 12.9. The fraction of sp³-hybridized carbons (Fsp3) is 0.562. The van der Waals surface area contributed by atoms with Crippen LogP contribution in [0.25, 0.3) is 0 Å². The van der Waals surface area contributed by atoms with E-state index in [0.717, 1.165) is 25.7 Å². The van der Waals surface area contributed by atoms with Gasteiger partial charge in [-0.05, 0) is 24.1 Å². The van der Waals surface area contributed by atoms with Gasteiger partial charge in [-0.15, -0.1) is 0 Å². The van der Waals surface area contributed by atoms with Crippen LogP contribution in [0.15, 0.2) is 18.2 Å². The van der Waals surface area contributed by atoms with Gasteiger partial charge in [0.1, 0.15) is 5.82 Å². The number of benzene rings is 1. The summed E-state index contributed by atoms with van der Waals surface area (Å²) in [6, 6.07) is 4.03. The van der Waals surface area contributed by atoms with Crippen molar-refractivity contribution < 1.29 is 13.9 Å². The largest absolute Gasteiger partial charge is 0.374 e. The lowest BCUT2D eigenvalue weighted by Gasteiger charge is -2.33. The van der Waals surface area contributed by atoms with E-state index in [4.69, 9.17) is 16.3 Å². The van der Waals surface area contributed by atoms with Crippen molar-refractivity contribution in [3.8, 4) is 0 Å². The summed E-state index contributed by atoms with van der Waals surface area (Å²) in [6.07, 6.45) is -0.0631. The summed E-state index contributed by atoms with van der Waals surface area (Å²) >= 11 is 5.68. The lowest BCUT2D eigenvalue weighted by Crippen LogP contribution is -2.48. The summed E-state index contributed by atoms with van der Waals surface area (Å²) in [5.74, 6) is -0.466. The van der Waals surface area contributed by atoms with E-state index >= 15 is 0 Å². The first-order valence-electron chi connectivity index (χ1n) is 7.53. The Morgan fingerprint density at radius 3 is 3.00 bits per heavy atom. The van der Waals surface area contributed by atoms with Gasteiger partial charge in [-0.2, -0.15) is 0 Å². The highest BCUT2D eigenvalue weighted by molar-refractivity contribution is 6.30. The molecule has 1 aliphatic heterocycles. The Morgan fingerprint density at radius 2 is 2.32 bits per heavy atom. The molecule has 1 N–H and O–H groups in total. The summed E-state index contributed by atoms with van der Waals surface area (Å²) in [4.78, 5) is 14.3. The van der Waals surface area contributed by atoms with E-state index in [-0.39, 0.29) is 16.7 Å². The molecule has 0 spiro atoms. The quantitative estimate of drug-likeness (QED) is 0.903. The number of nitrogens with zero attached hydrogens (tertiary/aromatic N) is 1. The van der Waals surface area contributed by atoms with Gasteiger partial charge in [-0.25, -0.2) is 4.39 Å². The Hall–Kier alpha value is -1.17. The summed E-state index contributed by atoms with van der Waals surface area (Å²) < 4.78 is 19.3. The normalized spacial score (nSPS) is 19.4. The molecule has 2 rings (SSSR count). The van der Waals surface area contributed by atoms with Crippen molar-refractivity contribution in [2.24, 2.45) is 5.92 Å². The second-order valence-corrected chi connectivity index (χ2v) is 6.42. The zero-order valence-corrected chi connectivity index (χ0v) is 13.7. The molecule has 22 heavy (non-hydrogen) atoms. The minimum atomic E-state index is -0.615. The van der Waals surface area contributed by atoms with Gasteiger partial charge in [0.25, 0.3) is 5.91 Å². The van der Waals surface area contributed by atoms with Crippen LogP contribution in [-0.2, 0) is 4.74 Å². The minimum Gasteiger partial charge on any atom is -0.374 e. The Kier molecular flexibility index (Phi) is 6.17. The first-order chi connectivity index (χ1) is 10.5. The summed E-state index contributed by atoms with van der Waals surface area (Å²) in [7, 11) is 0. The number of hydrogen-bond acceptors (Lipinski definition) is 3. The Balaban J connectivity index is 1.85. The molecule has 0 saturated carbocycles. The molecule has 0 aliphatic carbocycles. The van der Waals surface area contributed by atoms with Gasteiger partial charge in [0, 0.05) is 31.2 Å². The van der Waals surface area contributed by atoms with Gasteiger partial charge in [0.2, 0.25) is 0 Å². The summed E-state index contributed by atoms with van der Waals surface area (Å²) in [5.41, 5.74) is -0.000698. The maximum atomic E-state index is 13.7. The molecule has 6 heteroatoms. The molecule has 1 atom stereocenters. The van der Waals surface area contributed by atoms with Crippen LogP contribution >= 0.6 is 11.6 Å². The smallest absolute Gasteiger partial charge is 0.254 e. The van der Waals surface area contributed by atoms with Gasteiger partial charge >= 0.3 is 0 Å². The molecule has 0 aromatic heterocycles. The average Bonchev–Trinajstić information content (AvgIpc) is 2.44. The number of amides is 1. The predicted molar refractivity (Wildman–Crippen MR) is 84.8 cm³/mol. The van der Waals surface area contributed by atoms with E-state index in [0.29, 0.717) is 19.1 Å². The molecule has 1 amide bonds. The van der Waals surface area contributed by atoms with Gasteiger partial charge in [0.15, 0.2) is 0 Å². The highest BCUT2D eigenvalue weighted by atomic mass is 35.5. The SMILES string of the molecule is CC(C)CN1CCOC(CNC(=O)c2ccc(Cl)cc2F)C1. The molecule has 0 bridgehead atoms. The van der Waals surface area contributed by atoms with E-state index < -0.39 is 11.7 Å². The third kappa shape index (κ3) is 4.93. The Bertz CT molecular complexity index is 525. The van der Waals surface area contributed by atoms with Crippen molar-refractivity contribution >= 4 is 17.5 Å². The Morgan fingerprint density at radius 1 is 1.55 bits per heavy atom. The zero-order chi connectivity index (χ0) is 16.1. The van der Waals surface area contributed by atoms with E-state index in [2.05, 4.69) is 24.1 Å². The van der Waals surface area contributed by atoms with Gasteiger partial charge < -0.3 is 10.1 Å². The summed E-state index contributed by atoms with van der Waals surface area (Å²) in [5, 5.41) is 3.00. The minimum absolute atomic E-state index is 0.000698. The van der Waals surface area contributed by atoms with E-state index in [1.54, 1.807) is 0 Å². The molecular weight excluding hydrogens is 307 g/mol. The van der Waals surface area contributed by atoms with Gasteiger partial charge in [-0.3, -0.25) is 9.69 Å². The van der Waals surface area contributed by atoms with Crippen molar-refractivity contribution in [2.75, 3.05) is 32.8 Å². The maximum Gasteiger partial charge on any atom is 0.254 e. The number of nitrogens with one attached hydrogen (secondary N) is 1. The number of halogens is 2. The molecule has 1 saturated heterocycles. The molecule has 4 nitrogen and oxygen atoms in total. The van der Waals surface area contributed by atoms with Crippen molar-refractivity contribution in [3.05, 3.63) is 34.6 Å². The third-order valence-corrected chi connectivity index (χ3v) is 3.75. The topological polar surface area (TPSA) is 41.6 Å². The number of ether oxygens (including phenoxy) is 1. The lowest BCUT2D eigenvalue weighted by atomic mass is 10.1. The van der Waals surface area contributed by atoms with E-state index in [1.807, 2.05) is 0 Å². The van der Waals surface area contributed by atoms with Gasteiger partial charge in [0.05, 0.1) is 18.3 Å². The van der Waals surface area contributed by atoms with E-state index in [9.17, 15) is 9.18 Å². The number of hydrogen-bond donors (Lipinski definition) is 1. The lowest BCUT2D eigenvalue weighted by molar-refractivity contribution is -0.0295.